The Balaban J connectivity index is 1.20. The van der Waals surface area contributed by atoms with Crippen LogP contribution < -0.4 is 5.32 Å². The Hall–Kier alpha value is -2.35. The number of benzene rings is 1. The second kappa shape index (κ2) is 10.1. The number of piperidine rings is 1. The number of amides is 2. The van der Waals surface area contributed by atoms with Crippen molar-refractivity contribution in [1.82, 2.24) is 15.1 Å². The lowest BCUT2D eigenvalue weighted by atomic mass is 9.89. The number of para-hydroxylation sites is 1. The molecule has 7 nitrogen and oxygen atoms in total. The average Bonchev–Trinajstić information content (AvgIpc) is 3.28. The Morgan fingerprint density at radius 1 is 1.03 bits per heavy atom. The van der Waals surface area contributed by atoms with E-state index in [1.165, 1.54) is 31.0 Å². The number of rotatable bonds is 6. The first-order chi connectivity index (χ1) is 14.7. The minimum Gasteiger partial charge on any atom is -0.416 e. The van der Waals surface area contributed by atoms with Crippen LogP contribution >= 0.6 is 11.8 Å². The molecular formula is C22H28N4O3S. The van der Waals surface area contributed by atoms with E-state index < -0.39 is 0 Å². The fourth-order valence-corrected chi connectivity index (χ4v) is 4.84. The summed E-state index contributed by atoms with van der Waals surface area (Å²) < 4.78 is 5.78. The normalized spacial score (nSPS) is 18.3. The quantitative estimate of drug-likeness (QED) is 0.697. The predicted molar refractivity (Wildman–Crippen MR) is 115 cm³/mol. The van der Waals surface area contributed by atoms with Crippen molar-refractivity contribution in [3.05, 3.63) is 36.2 Å². The second-order valence-electron chi connectivity index (χ2n) is 8.04. The van der Waals surface area contributed by atoms with Gasteiger partial charge < -0.3 is 14.6 Å². The highest BCUT2D eigenvalue weighted by Crippen LogP contribution is 2.33. The standard InChI is InChI=1S/C22H28N4O3S/c27-19(15-30-22-25-24-21(29-22)17-7-3-1-4-8-17)26-13-11-16(12-14-26)20(28)23-18-9-5-2-6-10-18/h2,5-6,9-10,16-17H,1,3-4,7-8,11-15H2,(H,23,28). The van der Waals surface area contributed by atoms with Crippen molar-refractivity contribution in [3.63, 3.8) is 0 Å². The molecule has 2 aliphatic rings. The van der Waals surface area contributed by atoms with Crippen LogP contribution in [0.1, 0.15) is 56.8 Å². The van der Waals surface area contributed by atoms with Crippen molar-refractivity contribution in [1.29, 1.82) is 0 Å². The lowest BCUT2D eigenvalue weighted by Crippen LogP contribution is -2.42. The fourth-order valence-electron chi connectivity index (χ4n) is 4.16. The molecule has 0 radical (unpaired) electrons. The number of aromatic nitrogens is 2. The predicted octanol–water partition coefficient (Wildman–Crippen LogP) is 4.09. The molecule has 1 saturated heterocycles. The molecule has 2 heterocycles. The maximum absolute atomic E-state index is 12.6. The average molecular weight is 429 g/mol. The first kappa shape index (κ1) is 20.9. The highest BCUT2D eigenvalue weighted by Gasteiger charge is 2.28. The third kappa shape index (κ3) is 5.41. The van der Waals surface area contributed by atoms with Gasteiger partial charge in [0.1, 0.15) is 0 Å². The summed E-state index contributed by atoms with van der Waals surface area (Å²) in [5, 5.41) is 11.7. The van der Waals surface area contributed by atoms with E-state index in [4.69, 9.17) is 4.42 Å². The molecule has 30 heavy (non-hydrogen) atoms. The van der Waals surface area contributed by atoms with Gasteiger partial charge in [0.15, 0.2) is 0 Å². The number of carbonyl (C=O) groups is 2. The summed E-state index contributed by atoms with van der Waals surface area (Å²) in [5.41, 5.74) is 0.810. The molecule has 1 aromatic heterocycles. The molecule has 1 aromatic carbocycles. The van der Waals surface area contributed by atoms with Gasteiger partial charge in [-0.15, -0.1) is 10.2 Å². The summed E-state index contributed by atoms with van der Waals surface area (Å²) in [7, 11) is 0. The highest BCUT2D eigenvalue weighted by molar-refractivity contribution is 7.99. The number of carbonyl (C=O) groups excluding carboxylic acids is 2. The molecule has 0 atom stereocenters. The molecule has 1 aliphatic heterocycles. The summed E-state index contributed by atoms with van der Waals surface area (Å²) in [6.07, 6.45) is 7.30. The minimum absolute atomic E-state index is 0.0313. The lowest BCUT2D eigenvalue weighted by molar-refractivity contribution is -0.132. The first-order valence-electron chi connectivity index (χ1n) is 10.8. The van der Waals surface area contributed by atoms with Crippen LogP contribution in [0.3, 0.4) is 0 Å². The van der Waals surface area contributed by atoms with Crippen LogP contribution in [0.5, 0.6) is 0 Å². The van der Waals surface area contributed by atoms with Gasteiger partial charge in [0.2, 0.25) is 17.7 Å². The molecular weight excluding hydrogens is 400 g/mol. The van der Waals surface area contributed by atoms with E-state index in [-0.39, 0.29) is 23.5 Å². The molecule has 2 fully saturated rings. The SMILES string of the molecule is O=C(Nc1ccccc1)C1CCN(C(=O)CSc2nnc(C3CCCCC3)o2)CC1. The van der Waals surface area contributed by atoms with Crippen LogP contribution in [0.15, 0.2) is 40.0 Å². The van der Waals surface area contributed by atoms with Crippen molar-refractivity contribution in [2.75, 3.05) is 24.2 Å². The van der Waals surface area contributed by atoms with Gasteiger partial charge in [-0.1, -0.05) is 49.2 Å². The molecule has 2 aromatic rings. The van der Waals surface area contributed by atoms with Crippen molar-refractivity contribution >= 4 is 29.3 Å². The summed E-state index contributed by atoms with van der Waals surface area (Å²) in [5.74, 6) is 1.40. The maximum Gasteiger partial charge on any atom is 0.277 e. The smallest absolute Gasteiger partial charge is 0.277 e. The molecule has 160 valence electrons. The van der Waals surface area contributed by atoms with E-state index in [0.717, 1.165) is 24.4 Å². The molecule has 1 N–H and O–H groups in total. The summed E-state index contributed by atoms with van der Waals surface area (Å²) in [6.45, 7) is 1.20. The number of nitrogens with zero attached hydrogens (tertiary/aromatic N) is 3. The van der Waals surface area contributed by atoms with Gasteiger partial charge in [-0.2, -0.15) is 0 Å². The van der Waals surface area contributed by atoms with Gasteiger partial charge in [0, 0.05) is 30.6 Å². The molecule has 0 bridgehead atoms. The van der Waals surface area contributed by atoms with E-state index in [2.05, 4.69) is 15.5 Å². The Bertz CT molecular complexity index is 843. The van der Waals surface area contributed by atoms with Gasteiger partial charge in [-0.05, 0) is 37.8 Å². The molecule has 1 saturated carbocycles. The van der Waals surface area contributed by atoms with Gasteiger partial charge in [0.05, 0.1) is 5.75 Å². The Labute approximate surface area is 181 Å². The Morgan fingerprint density at radius 2 is 1.77 bits per heavy atom. The van der Waals surface area contributed by atoms with E-state index in [9.17, 15) is 9.59 Å². The molecule has 1 aliphatic carbocycles. The number of hydrogen-bond donors (Lipinski definition) is 1. The maximum atomic E-state index is 12.6. The fraction of sp³-hybridized carbons (Fsp3) is 0.545. The summed E-state index contributed by atoms with van der Waals surface area (Å²) in [6, 6.07) is 9.48. The van der Waals surface area contributed by atoms with Crippen LogP contribution in [-0.4, -0.2) is 45.8 Å². The zero-order chi connectivity index (χ0) is 20.8. The number of likely N-dealkylation sites (tertiary alicyclic amines) is 1. The van der Waals surface area contributed by atoms with Gasteiger partial charge in [-0.3, -0.25) is 9.59 Å². The Morgan fingerprint density at radius 3 is 2.50 bits per heavy atom. The minimum atomic E-state index is -0.0594. The van der Waals surface area contributed by atoms with Gasteiger partial charge in [-0.25, -0.2) is 0 Å². The van der Waals surface area contributed by atoms with Crippen LogP contribution in [0.25, 0.3) is 0 Å². The molecule has 0 spiro atoms. The van der Waals surface area contributed by atoms with E-state index in [1.807, 2.05) is 35.2 Å². The number of thioether (sulfide) groups is 1. The topological polar surface area (TPSA) is 88.3 Å². The van der Waals surface area contributed by atoms with E-state index in [0.29, 0.717) is 37.1 Å². The van der Waals surface area contributed by atoms with Crippen molar-refractivity contribution in [2.45, 2.75) is 56.1 Å². The zero-order valence-corrected chi connectivity index (χ0v) is 17.9. The largest absolute Gasteiger partial charge is 0.416 e. The Kier molecular flexibility index (Phi) is 7.04. The van der Waals surface area contributed by atoms with Crippen molar-refractivity contribution in [3.8, 4) is 0 Å². The third-order valence-corrected chi connectivity index (χ3v) is 6.76. The highest BCUT2D eigenvalue weighted by atomic mass is 32.2. The van der Waals surface area contributed by atoms with E-state index in [1.54, 1.807) is 0 Å². The summed E-state index contributed by atoms with van der Waals surface area (Å²) in [4.78, 5) is 26.8. The monoisotopic (exact) mass is 428 g/mol. The number of nitrogens with one attached hydrogen (secondary N) is 1. The lowest BCUT2D eigenvalue weighted by Gasteiger charge is -2.31. The van der Waals surface area contributed by atoms with Crippen LogP contribution in [0.4, 0.5) is 5.69 Å². The summed E-state index contributed by atoms with van der Waals surface area (Å²) >= 11 is 1.31. The van der Waals surface area contributed by atoms with Gasteiger partial charge in [0.25, 0.3) is 5.22 Å². The number of hydrogen-bond acceptors (Lipinski definition) is 6. The zero-order valence-electron chi connectivity index (χ0n) is 17.1. The molecule has 0 unspecified atom stereocenters. The third-order valence-electron chi connectivity index (χ3n) is 5.96. The van der Waals surface area contributed by atoms with E-state index >= 15 is 0 Å². The van der Waals surface area contributed by atoms with Crippen LogP contribution in [0.2, 0.25) is 0 Å². The van der Waals surface area contributed by atoms with Crippen LogP contribution in [0, 0.1) is 5.92 Å². The van der Waals surface area contributed by atoms with Crippen molar-refractivity contribution in [2.24, 2.45) is 5.92 Å². The number of anilines is 1. The van der Waals surface area contributed by atoms with Crippen LogP contribution in [-0.2, 0) is 9.59 Å². The molecule has 8 heteroatoms. The van der Waals surface area contributed by atoms with Gasteiger partial charge >= 0.3 is 0 Å². The first-order valence-corrected chi connectivity index (χ1v) is 11.8. The molecule has 2 amide bonds. The second-order valence-corrected chi connectivity index (χ2v) is 8.97. The molecule has 4 rings (SSSR count). The van der Waals surface area contributed by atoms with Crippen molar-refractivity contribution < 1.29 is 14.0 Å².